The Hall–Kier alpha value is -2.62. The van der Waals surface area contributed by atoms with Gasteiger partial charge in [-0.3, -0.25) is 10.1 Å². The summed E-state index contributed by atoms with van der Waals surface area (Å²) >= 11 is 0. The van der Waals surface area contributed by atoms with E-state index in [-0.39, 0.29) is 11.5 Å². The molecule has 0 atom stereocenters. The fourth-order valence-electron chi connectivity index (χ4n) is 2.51. The van der Waals surface area contributed by atoms with E-state index in [1.165, 1.54) is 0 Å². The molecule has 0 aliphatic heterocycles. The van der Waals surface area contributed by atoms with Crippen LogP contribution < -0.4 is 0 Å². The normalized spacial score (nSPS) is 10.8. The second-order valence-electron chi connectivity index (χ2n) is 4.70. The maximum atomic E-state index is 10.7. The number of rotatable bonds is 4. The SMILES string of the molecule is O=[N+]([O-])CCc1c(-c2ccccc2)[nH]c2ccccc12. The highest BCUT2D eigenvalue weighted by molar-refractivity contribution is 5.90. The first-order chi connectivity index (χ1) is 9.75. The van der Waals surface area contributed by atoms with Gasteiger partial charge in [0.2, 0.25) is 6.54 Å². The van der Waals surface area contributed by atoms with Crippen molar-refractivity contribution in [2.45, 2.75) is 6.42 Å². The molecule has 0 radical (unpaired) electrons. The molecule has 3 rings (SSSR count). The van der Waals surface area contributed by atoms with Gasteiger partial charge in [0.25, 0.3) is 0 Å². The Morgan fingerprint density at radius 2 is 1.70 bits per heavy atom. The van der Waals surface area contributed by atoms with Crippen molar-refractivity contribution in [3.05, 3.63) is 70.3 Å². The molecule has 0 spiro atoms. The molecule has 4 nitrogen and oxygen atoms in total. The highest BCUT2D eigenvalue weighted by atomic mass is 16.6. The number of aromatic nitrogens is 1. The van der Waals surface area contributed by atoms with Gasteiger partial charge < -0.3 is 4.98 Å². The van der Waals surface area contributed by atoms with E-state index < -0.39 is 0 Å². The molecule has 20 heavy (non-hydrogen) atoms. The maximum absolute atomic E-state index is 10.7. The minimum atomic E-state index is -0.267. The number of benzene rings is 2. The molecule has 3 aromatic rings. The van der Waals surface area contributed by atoms with Crippen LogP contribution in [0.15, 0.2) is 54.6 Å². The van der Waals surface area contributed by atoms with E-state index in [1.54, 1.807) is 0 Å². The minimum Gasteiger partial charge on any atom is -0.354 e. The van der Waals surface area contributed by atoms with Crippen molar-refractivity contribution >= 4 is 10.9 Å². The maximum Gasteiger partial charge on any atom is 0.208 e. The standard InChI is InChI=1S/C16H14N2O2/c19-18(20)11-10-14-13-8-4-5-9-15(13)17-16(14)12-6-2-1-3-7-12/h1-9,17H,10-11H2. The van der Waals surface area contributed by atoms with Crippen LogP contribution in [0.1, 0.15) is 5.56 Å². The van der Waals surface area contributed by atoms with Gasteiger partial charge in [-0.15, -0.1) is 0 Å². The van der Waals surface area contributed by atoms with Gasteiger partial charge in [-0.25, -0.2) is 0 Å². The van der Waals surface area contributed by atoms with Crippen LogP contribution in [0.25, 0.3) is 22.2 Å². The summed E-state index contributed by atoms with van der Waals surface area (Å²) in [5.41, 5.74) is 4.07. The Bertz CT molecular complexity index is 748. The van der Waals surface area contributed by atoms with E-state index in [9.17, 15) is 10.1 Å². The molecular weight excluding hydrogens is 252 g/mol. The molecule has 4 heteroatoms. The van der Waals surface area contributed by atoms with Crippen molar-refractivity contribution < 1.29 is 4.92 Å². The summed E-state index contributed by atoms with van der Waals surface area (Å²) in [6.07, 6.45) is 0.432. The minimum absolute atomic E-state index is 0.0539. The number of fused-ring (bicyclic) bond motifs is 1. The zero-order valence-corrected chi connectivity index (χ0v) is 10.9. The predicted octanol–water partition coefficient (Wildman–Crippen LogP) is 3.65. The highest BCUT2D eigenvalue weighted by Crippen LogP contribution is 2.30. The van der Waals surface area contributed by atoms with Crippen LogP contribution in [0, 0.1) is 10.1 Å². The summed E-state index contributed by atoms with van der Waals surface area (Å²) in [5, 5.41) is 11.7. The Kier molecular flexibility index (Phi) is 3.21. The van der Waals surface area contributed by atoms with E-state index in [1.807, 2.05) is 54.6 Å². The van der Waals surface area contributed by atoms with E-state index in [4.69, 9.17) is 0 Å². The van der Waals surface area contributed by atoms with Crippen molar-refractivity contribution in [2.75, 3.05) is 6.54 Å². The summed E-state index contributed by atoms with van der Waals surface area (Å²) < 4.78 is 0. The monoisotopic (exact) mass is 266 g/mol. The Labute approximate surface area is 116 Å². The fraction of sp³-hybridized carbons (Fsp3) is 0.125. The smallest absolute Gasteiger partial charge is 0.208 e. The molecule has 0 saturated carbocycles. The van der Waals surface area contributed by atoms with Crippen molar-refractivity contribution in [3.63, 3.8) is 0 Å². The van der Waals surface area contributed by atoms with Crippen molar-refractivity contribution in [2.24, 2.45) is 0 Å². The van der Waals surface area contributed by atoms with Crippen LogP contribution in [0.3, 0.4) is 0 Å². The molecule has 1 N–H and O–H groups in total. The molecule has 0 amide bonds. The van der Waals surface area contributed by atoms with Crippen LogP contribution in [0.4, 0.5) is 0 Å². The van der Waals surface area contributed by atoms with Gasteiger partial charge in [0, 0.05) is 27.9 Å². The molecule has 0 bridgehead atoms. The van der Waals surface area contributed by atoms with Crippen LogP contribution in [-0.4, -0.2) is 16.5 Å². The highest BCUT2D eigenvalue weighted by Gasteiger charge is 2.14. The average Bonchev–Trinajstić information content (AvgIpc) is 2.84. The third-order valence-corrected chi connectivity index (χ3v) is 3.42. The van der Waals surface area contributed by atoms with E-state index in [0.29, 0.717) is 6.42 Å². The fourth-order valence-corrected chi connectivity index (χ4v) is 2.51. The Balaban J connectivity index is 2.15. The van der Waals surface area contributed by atoms with Crippen LogP contribution in [0.5, 0.6) is 0 Å². The van der Waals surface area contributed by atoms with Crippen molar-refractivity contribution in [3.8, 4) is 11.3 Å². The molecule has 2 aromatic carbocycles. The van der Waals surface area contributed by atoms with Crippen LogP contribution >= 0.6 is 0 Å². The number of nitrogens with zero attached hydrogens (tertiary/aromatic N) is 1. The number of nitrogens with one attached hydrogen (secondary N) is 1. The van der Waals surface area contributed by atoms with Crippen molar-refractivity contribution in [1.29, 1.82) is 0 Å². The van der Waals surface area contributed by atoms with Gasteiger partial charge in [-0.05, 0) is 17.2 Å². The lowest BCUT2D eigenvalue weighted by molar-refractivity contribution is -0.479. The predicted molar refractivity (Wildman–Crippen MR) is 79.3 cm³/mol. The van der Waals surface area contributed by atoms with E-state index in [0.717, 1.165) is 27.7 Å². The largest absolute Gasteiger partial charge is 0.354 e. The average molecular weight is 266 g/mol. The summed E-state index contributed by atoms with van der Waals surface area (Å²) in [4.78, 5) is 13.8. The van der Waals surface area contributed by atoms with Gasteiger partial charge in [0.1, 0.15) is 0 Å². The third-order valence-electron chi connectivity index (χ3n) is 3.42. The quantitative estimate of drug-likeness (QED) is 0.578. The van der Waals surface area contributed by atoms with Gasteiger partial charge in [0.05, 0.1) is 0 Å². The lowest BCUT2D eigenvalue weighted by atomic mass is 10.0. The third kappa shape index (κ3) is 2.28. The topological polar surface area (TPSA) is 58.9 Å². The second-order valence-corrected chi connectivity index (χ2v) is 4.70. The molecule has 0 unspecified atom stereocenters. The first kappa shape index (κ1) is 12.4. The first-order valence-electron chi connectivity index (χ1n) is 6.52. The molecule has 1 aromatic heterocycles. The zero-order valence-electron chi connectivity index (χ0n) is 10.9. The van der Waals surface area contributed by atoms with Crippen LogP contribution in [0.2, 0.25) is 0 Å². The lowest BCUT2D eigenvalue weighted by Gasteiger charge is -2.03. The van der Waals surface area contributed by atoms with Gasteiger partial charge in [-0.1, -0.05) is 48.5 Å². The molecule has 0 fully saturated rings. The summed E-state index contributed by atoms with van der Waals surface area (Å²) in [6.45, 7) is -0.0539. The van der Waals surface area contributed by atoms with Gasteiger partial charge in [0.15, 0.2) is 0 Å². The number of nitro groups is 1. The number of hydrogen-bond acceptors (Lipinski definition) is 2. The van der Waals surface area contributed by atoms with Crippen molar-refractivity contribution in [1.82, 2.24) is 4.98 Å². The number of H-pyrrole nitrogens is 1. The van der Waals surface area contributed by atoms with Gasteiger partial charge in [-0.2, -0.15) is 0 Å². The number of aromatic amines is 1. The molecule has 1 heterocycles. The first-order valence-corrected chi connectivity index (χ1v) is 6.52. The zero-order chi connectivity index (χ0) is 13.9. The summed E-state index contributed by atoms with van der Waals surface area (Å²) in [7, 11) is 0. The molecule has 0 aliphatic rings. The summed E-state index contributed by atoms with van der Waals surface area (Å²) in [6, 6.07) is 17.9. The van der Waals surface area contributed by atoms with E-state index in [2.05, 4.69) is 4.98 Å². The molecule has 0 aliphatic carbocycles. The Morgan fingerprint density at radius 3 is 2.45 bits per heavy atom. The number of para-hydroxylation sites is 1. The number of hydrogen-bond donors (Lipinski definition) is 1. The van der Waals surface area contributed by atoms with Crippen LogP contribution in [-0.2, 0) is 6.42 Å². The molecule has 100 valence electrons. The second kappa shape index (κ2) is 5.17. The molecule has 0 saturated heterocycles. The van der Waals surface area contributed by atoms with Gasteiger partial charge >= 0.3 is 0 Å². The summed E-state index contributed by atoms with van der Waals surface area (Å²) in [5.74, 6) is 0. The van der Waals surface area contributed by atoms with E-state index >= 15 is 0 Å². The lowest BCUT2D eigenvalue weighted by Crippen LogP contribution is -2.04. The Morgan fingerprint density at radius 1 is 1.00 bits per heavy atom. The molecular formula is C16H14N2O2.